The van der Waals surface area contributed by atoms with Gasteiger partial charge in [-0.15, -0.1) is 0 Å². The Kier molecular flexibility index (Phi) is 4.95. The average Bonchev–Trinajstić information content (AvgIpc) is 3.14. The summed E-state index contributed by atoms with van der Waals surface area (Å²) in [6, 6.07) is 9.20. The minimum atomic E-state index is -0.502. The Morgan fingerprint density at radius 1 is 1.08 bits per heavy atom. The number of nitrogens with one attached hydrogen (secondary N) is 2. The summed E-state index contributed by atoms with van der Waals surface area (Å²) in [5.74, 6) is 0.791. The fraction of sp³-hybridized carbons (Fsp3) is 0.278. The summed E-state index contributed by atoms with van der Waals surface area (Å²) in [7, 11) is 3.86. The van der Waals surface area contributed by atoms with E-state index in [9.17, 15) is 9.59 Å². The van der Waals surface area contributed by atoms with Crippen LogP contribution < -0.4 is 21.5 Å². The molecule has 0 amide bonds. The lowest BCUT2D eigenvalue weighted by Crippen LogP contribution is -2.39. The minimum Gasteiger partial charge on any atom is -0.468 e. The molecular formula is C18H20N4O3. The van der Waals surface area contributed by atoms with Crippen molar-refractivity contribution < 1.29 is 4.42 Å². The Bertz CT molecular complexity index is 881. The number of nitrogens with zero attached hydrogens (tertiary/aromatic N) is 2. The van der Waals surface area contributed by atoms with E-state index >= 15 is 0 Å². The lowest BCUT2D eigenvalue weighted by molar-refractivity contribution is 0.269. The van der Waals surface area contributed by atoms with Gasteiger partial charge in [0.1, 0.15) is 17.1 Å². The summed E-state index contributed by atoms with van der Waals surface area (Å²) in [5, 5.41) is 6.08. The van der Waals surface area contributed by atoms with Gasteiger partial charge in [-0.2, -0.15) is 0 Å². The van der Waals surface area contributed by atoms with Crippen LogP contribution >= 0.6 is 0 Å². The summed E-state index contributed by atoms with van der Waals surface area (Å²) in [6.07, 6.45) is 3.30. The van der Waals surface area contributed by atoms with Crippen molar-refractivity contribution >= 4 is 11.4 Å². The maximum atomic E-state index is 11.9. The van der Waals surface area contributed by atoms with Gasteiger partial charge in [0.15, 0.2) is 0 Å². The van der Waals surface area contributed by atoms with Crippen LogP contribution in [-0.2, 0) is 6.54 Å². The number of rotatable bonds is 8. The highest BCUT2D eigenvalue weighted by molar-refractivity contribution is 5.74. The predicted octanol–water partition coefficient (Wildman–Crippen LogP) is 1.60. The molecule has 0 aliphatic carbocycles. The lowest BCUT2D eigenvalue weighted by atomic mass is 10.1. The first kappa shape index (κ1) is 16.9. The quantitative estimate of drug-likeness (QED) is 0.602. The van der Waals surface area contributed by atoms with Gasteiger partial charge in [0.25, 0.3) is 10.9 Å². The zero-order chi connectivity index (χ0) is 17.8. The van der Waals surface area contributed by atoms with Crippen LogP contribution in [0.4, 0.5) is 11.4 Å². The first-order chi connectivity index (χ1) is 12.1. The van der Waals surface area contributed by atoms with Crippen LogP contribution in [0, 0.1) is 0 Å². The molecule has 7 nitrogen and oxygen atoms in total. The smallest absolute Gasteiger partial charge is 0.253 e. The third kappa shape index (κ3) is 3.61. The summed E-state index contributed by atoms with van der Waals surface area (Å²) < 4.78 is 5.45. The van der Waals surface area contributed by atoms with Crippen molar-refractivity contribution in [1.82, 2.24) is 9.88 Å². The van der Waals surface area contributed by atoms with Crippen LogP contribution in [0.15, 0.2) is 56.8 Å². The number of anilines is 2. The zero-order valence-corrected chi connectivity index (χ0v) is 14.2. The number of furan rings is 1. The molecule has 3 rings (SSSR count). The van der Waals surface area contributed by atoms with Crippen molar-refractivity contribution in [3.8, 4) is 0 Å². The molecule has 0 unspecified atom stereocenters. The Labute approximate surface area is 145 Å². The molecule has 0 radical (unpaired) electrons. The third-order valence-electron chi connectivity index (χ3n) is 4.05. The van der Waals surface area contributed by atoms with Crippen LogP contribution in [0.1, 0.15) is 17.5 Å². The molecule has 1 aromatic carbocycles. The van der Waals surface area contributed by atoms with Crippen LogP contribution in [0.5, 0.6) is 0 Å². The molecule has 0 saturated heterocycles. The largest absolute Gasteiger partial charge is 0.468 e. The van der Waals surface area contributed by atoms with Gasteiger partial charge in [-0.05, 0) is 38.4 Å². The van der Waals surface area contributed by atoms with Gasteiger partial charge in [-0.3, -0.25) is 19.5 Å². The second-order valence-corrected chi connectivity index (χ2v) is 5.96. The lowest BCUT2D eigenvalue weighted by Gasteiger charge is -2.24. The van der Waals surface area contributed by atoms with Gasteiger partial charge in [0.2, 0.25) is 0 Å². The van der Waals surface area contributed by atoms with E-state index < -0.39 is 10.9 Å². The van der Waals surface area contributed by atoms with Crippen molar-refractivity contribution in [3.05, 3.63) is 74.7 Å². The third-order valence-corrected chi connectivity index (χ3v) is 4.05. The molecule has 0 spiro atoms. The topological polar surface area (TPSA) is 87.5 Å². The summed E-state index contributed by atoms with van der Waals surface area (Å²) in [5.41, 5.74) is 0.425. The van der Waals surface area contributed by atoms with Crippen molar-refractivity contribution in [2.24, 2.45) is 0 Å². The molecule has 1 atom stereocenters. The van der Waals surface area contributed by atoms with Crippen molar-refractivity contribution in [3.63, 3.8) is 0 Å². The molecular weight excluding hydrogens is 320 g/mol. The average molecular weight is 340 g/mol. The normalized spacial score (nSPS) is 12.4. The molecule has 2 aromatic heterocycles. The van der Waals surface area contributed by atoms with E-state index in [2.05, 4.69) is 15.6 Å². The highest BCUT2D eigenvalue weighted by Gasteiger charge is 2.23. The van der Waals surface area contributed by atoms with Crippen LogP contribution in [0.25, 0.3) is 0 Å². The zero-order valence-electron chi connectivity index (χ0n) is 14.2. The molecule has 25 heavy (non-hydrogen) atoms. The predicted molar refractivity (Wildman–Crippen MR) is 96.5 cm³/mol. The summed E-state index contributed by atoms with van der Waals surface area (Å²) in [6.45, 7) is 0.833. The van der Waals surface area contributed by atoms with E-state index in [0.717, 1.165) is 11.5 Å². The van der Waals surface area contributed by atoms with Crippen LogP contribution in [0.3, 0.4) is 0 Å². The highest BCUT2D eigenvalue weighted by atomic mass is 16.3. The van der Waals surface area contributed by atoms with E-state index in [0.29, 0.717) is 24.5 Å². The van der Waals surface area contributed by atoms with Gasteiger partial charge in [0.05, 0.1) is 24.5 Å². The van der Waals surface area contributed by atoms with Gasteiger partial charge in [0, 0.05) is 12.7 Å². The molecule has 7 heteroatoms. The number of aromatic nitrogens is 1. The molecule has 0 aliphatic heterocycles. The SMILES string of the molecule is CN(C)[C@@H](CNc1c(NCc2ccccn2)c(=O)c1=O)c1ccco1. The number of likely N-dealkylation sites (N-methyl/N-ethyl adjacent to an activating group) is 1. The molecule has 0 saturated carbocycles. The fourth-order valence-electron chi connectivity index (χ4n) is 2.63. The number of hydrogen-bond donors (Lipinski definition) is 2. The molecule has 2 heterocycles. The first-order valence-electron chi connectivity index (χ1n) is 7.98. The summed E-state index contributed by atoms with van der Waals surface area (Å²) >= 11 is 0. The molecule has 0 aliphatic rings. The van der Waals surface area contributed by atoms with E-state index in [1.165, 1.54) is 0 Å². The molecule has 130 valence electrons. The van der Waals surface area contributed by atoms with E-state index in [1.807, 2.05) is 49.3 Å². The number of hydrogen-bond acceptors (Lipinski definition) is 7. The minimum absolute atomic E-state index is 0.0527. The molecule has 2 N–H and O–H groups in total. The maximum Gasteiger partial charge on any atom is 0.253 e. The summed E-state index contributed by atoms with van der Waals surface area (Å²) in [4.78, 5) is 29.9. The van der Waals surface area contributed by atoms with Gasteiger partial charge >= 0.3 is 0 Å². The van der Waals surface area contributed by atoms with Gasteiger partial charge in [-0.25, -0.2) is 0 Å². The van der Waals surface area contributed by atoms with Crippen molar-refractivity contribution in [1.29, 1.82) is 0 Å². The monoisotopic (exact) mass is 340 g/mol. The Morgan fingerprint density at radius 3 is 2.44 bits per heavy atom. The Hall–Kier alpha value is -2.93. The van der Waals surface area contributed by atoms with E-state index in [1.54, 1.807) is 12.5 Å². The maximum absolute atomic E-state index is 11.9. The Balaban J connectivity index is 1.68. The van der Waals surface area contributed by atoms with Crippen LogP contribution in [0.2, 0.25) is 0 Å². The second kappa shape index (κ2) is 7.31. The number of pyridine rings is 1. The molecule has 0 bridgehead atoms. The van der Waals surface area contributed by atoms with Crippen molar-refractivity contribution in [2.45, 2.75) is 12.6 Å². The molecule has 3 aromatic rings. The van der Waals surface area contributed by atoms with E-state index in [4.69, 9.17) is 4.42 Å². The highest BCUT2D eigenvalue weighted by Crippen LogP contribution is 2.21. The second-order valence-electron chi connectivity index (χ2n) is 5.96. The van der Waals surface area contributed by atoms with Crippen LogP contribution in [-0.4, -0.2) is 30.5 Å². The van der Waals surface area contributed by atoms with Crippen molar-refractivity contribution in [2.75, 3.05) is 31.3 Å². The van der Waals surface area contributed by atoms with Gasteiger partial charge < -0.3 is 15.1 Å². The Morgan fingerprint density at radius 2 is 1.84 bits per heavy atom. The fourth-order valence-corrected chi connectivity index (χ4v) is 2.63. The standard InChI is InChI=1S/C18H20N4O3/c1-22(2)13(14-7-5-9-25-14)11-21-16-15(17(23)18(16)24)20-10-12-6-3-4-8-19-12/h3-9,13,20-21H,10-11H2,1-2H3/t13-/m0/s1. The van der Waals surface area contributed by atoms with E-state index in [-0.39, 0.29) is 6.04 Å². The molecule has 0 fully saturated rings. The van der Waals surface area contributed by atoms with Gasteiger partial charge in [-0.1, -0.05) is 6.07 Å². The first-order valence-corrected chi connectivity index (χ1v) is 7.98.